The summed E-state index contributed by atoms with van der Waals surface area (Å²) >= 11 is 0. The number of halogens is 3. The number of hydrogen-bond donors (Lipinski definition) is 1. The van der Waals surface area contributed by atoms with Gasteiger partial charge in [-0.25, -0.2) is 0 Å². The second-order valence-corrected chi connectivity index (χ2v) is 9.62. The van der Waals surface area contributed by atoms with Crippen LogP contribution in [0.1, 0.15) is 72.8 Å². The number of nitrogens with zero attached hydrogens (tertiary/aromatic N) is 2. The van der Waals surface area contributed by atoms with Crippen LogP contribution in [0.3, 0.4) is 0 Å². The predicted molar refractivity (Wildman–Crippen MR) is 128 cm³/mol. The van der Waals surface area contributed by atoms with Crippen molar-refractivity contribution in [3.05, 3.63) is 70.3 Å². The molecular weight excluding hydrogens is 423 g/mol. The number of aliphatic imine (C=N–C) groups is 1. The highest BCUT2D eigenvalue weighted by atomic mass is 19.4. The average molecular weight is 458 g/mol. The van der Waals surface area contributed by atoms with Crippen molar-refractivity contribution < 1.29 is 13.2 Å². The van der Waals surface area contributed by atoms with Crippen LogP contribution >= 0.6 is 0 Å². The molecule has 0 bridgehead atoms. The molecule has 178 valence electrons. The maximum atomic E-state index is 13.8. The molecule has 3 nitrogen and oxygen atoms in total. The summed E-state index contributed by atoms with van der Waals surface area (Å²) in [5.41, 5.74) is 9.75. The molecule has 0 radical (unpaired) electrons. The first kappa shape index (κ1) is 24.0. The molecule has 6 heteroatoms. The zero-order valence-electron chi connectivity index (χ0n) is 19.4. The van der Waals surface area contributed by atoms with Crippen LogP contribution in [0.4, 0.5) is 13.2 Å². The first-order valence-corrected chi connectivity index (χ1v) is 12.1. The smallest absolute Gasteiger partial charge is 0.325 e. The standard InChI is InChI=1S/C27H34F3N3/c1-19(22-10-7-21(8-11-22)16-33-17-24(31)18-33)32-14-13-20-9-12-25(23-5-3-2-4-6-23)26(15-20)27(28,29)30/h7-12,15,23-24H,2-6,13-14,16-18,31H2,1H3/b32-19+. The Hall–Kier alpha value is -2.18. The van der Waals surface area contributed by atoms with Gasteiger partial charge >= 0.3 is 6.18 Å². The average Bonchev–Trinajstić information content (AvgIpc) is 2.78. The molecule has 2 N–H and O–H groups in total. The van der Waals surface area contributed by atoms with E-state index in [9.17, 15) is 13.2 Å². The van der Waals surface area contributed by atoms with Crippen molar-refractivity contribution in [2.45, 2.75) is 70.1 Å². The van der Waals surface area contributed by atoms with Gasteiger partial charge in [0.05, 0.1) is 5.56 Å². The molecular formula is C27H34F3N3. The molecule has 4 rings (SSSR count). The Morgan fingerprint density at radius 1 is 1.00 bits per heavy atom. The van der Waals surface area contributed by atoms with Crippen molar-refractivity contribution in [2.75, 3.05) is 19.6 Å². The molecule has 1 aliphatic heterocycles. The van der Waals surface area contributed by atoms with Gasteiger partial charge in [0.15, 0.2) is 0 Å². The topological polar surface area (TPSA) is 41.6 Å². The molecule has 2 aromatic rings. The second-order valence-electron chi connectivity index (χ2n) is 9.62. The lowest BCUT2D eigenvalue weighted by Crippen LogP contribution is -2.54. The lowest BCUT2D eigenvalue weighted by atomic mass is 9.81. The van der Waals surface area contributed by atoms with Gasteiger partial charge in [-0.05, 0) is 60.4 Å². The minimum Gasteiger partial charge on any atom is -0.325 e. The zero-order valence-corrected chi connectivity index (χ0v) is 19.4. The van der Waals surface area contributed by atoms with Crippen molar-refractivity contribution >= 4 is 5.71 Å². The van der Waals surface area contributed by atoms with E-state index in [0.29, 0.717) is 30.1 Å². The second kappa shape index (κ2) is 10.4. The maximum Gasteiger partial charge on any atom is 0.416 e. The Balaban J connectivity index is 1.37. The highest BCUT2D eigenvalue weighted by Crippen LogP contribution is 2.41. The molecule has 2 aliphatic rings. The van der Waals surface area contributed by atoms with Crippen molar-refractivity contribution in [3.63, 3.8) is 0 Å². The third-order valence-electron chi connectivity index (χ3n) is 6.98. The van der Waals surface area contributed by atoms with Crippen LogP contribution in [-0.4, -0.2) is 36.3 Å². The van der Waals surface area contributed by atoms with Gasteiger partial charge in [-0.15, -0.1) is 0 Å². The number of hydrogen-bond acceptors (Lipinski definition) is 3. The monoisotopic (exact) mass is 457 g/mol. The van der Waals surface area contributed by atoms with Crippen LogP contribution in [0.25, 0.3) is 0 Å². The van der Waals surface area contributed by atoms with Crippen LogP contribution < -0.4 is 5.73 Å². The SMILES string of the molecule is C/C(=N\CCc1ccc(C2CCCCC2)c(C(F)(F)F)c1)c1ccc(CN2CC(N)C2)cc1. The van der Waals surface area contributed by atoms with Crippen molar-refractivity contribution in [1.82, 2.24) is 4.90 Å². The predicted octanol–water partition coefficient (Wildman–Crippen LogP) is 5.95. The van der Waals surface area contributed by atoms with Crippen LogP contribution in [0.5, 0.6) is 0 Å². The third kappa shape index (κ3) is 6.24. The maximum absolute atomic E-state index is 13.8. The minimum absolute atomic E-state index is 0.0329. The van der Waals surface area contributed by atoms with Crippen molar-refractivity contribution in [3.8, 4) is 0 Å². The highest BCUT2D eigenvalue weighted by molar-refractivity contribution is 5.98. The molecule has 2 fully saturated rings. The summed E-state index contributed by atoms with van der Waals surface area (Å²) in [6.45, 7) is 5.22. The Kier molecular flexibility index (Phi) is 7.55. The summed E-state index contributed by atoms with van der Waals surface area (Å²) in [6, 6.07) is 13.6. The highest BCUT2D eigenvalue weighted by Gasteiger charge is 2.35. The molecule has 1 saturated carbocycles. The van der Waals surface area contributed by atoms with E-state index >= 15 is 0 Å². The van der Waals surface area contributed by atoms with Crippen LogP contribution in [0, 0.1) is 0 Å². The summed E-state index contributed by atoms with van der Waals surface area (Å²) in [7, 11) is 0. The lowest BCUT2D eigenvalue weighted by Gasteiger charge is -2.36. The molecule has 1 saturated heterocycles. The fourth-order valence-corrected chi connectivity index (χ4v) is 5.07. The lowest BCUT2D eigenvalue weighted by molar-refractivity contribution is -0.138. The Labute approximate surface area is 194 Å². The molecule has 0 spiro atoms. The van der Waals surface area contributed by atoms with Gasteiger partial charge < -0.3 is 5.73 Å². The van der Waals surface area contributed by atoms with E-state index in [2.05, 4.69) is 34.2 Å². The van der Waals surface area contributed by atoms with E-state index in [1.165, 1.54) is 11.6 Å². The van der Waals surface area contributed by atoms with Gasteiger partial charge in [-0.2, -0.15) is 13.2 Å². The van der Waals surface area contributed by atoms with E-state index < -0.39 is 11.7 Å². The summed E-state index contributed by atoms with van der Waals surface area (Å²) in [4.78, 5) is 6.94. The fraction of sp³-hybridized carbons (Fsp3) is 0.519. The van der Waals surface area contributed by atoms with Gasteiger partial charge in [0.25, 0.3) is 0 Å². The molecule has 33 heavy (non-hydrogen) atoms. The number of benzene rings is 2. The molecule has 2 aromatic carbocycles. The fourth-order valence-electron chi connectivity index (χ4n) is 5.07. The van der Waals surface area contributed by atoms with Crippen LogP contribution in [-0.2, 0) is 19.1 Å². The summed E-state index contributed by atoms with van der Waals surface area (Å²) < 4.78 is 41.3. The van der Waals surface area contributed by atoms with E-state index in [0.717, 1.165) is 63.0 Å². The number of nitrogens with two attached hydrogens (primary N) is 1. The van der Waals surface area contributed by atoms with E-state index in [-0.39, 0.29) is 5.92 Å². The molecule has 0 atom stereocenters. The Morgan fingerprint density at radius 3 is 2.30 bits per heavy atom. The third-order valence-corrected chi connectivity index (χ3v) is 6.98. The zero-order chi connectivity index (χ0) is 23.4. The molecule has 0 unspecified atom stereocenters. The van der Waals surface area contributed by atoms with Gasteiger partial charge in [0.2, 0.25) is 0 Å². The van der Waals surface area contributed by atoms with Crippen molar-refractivity contribution in [2.24, 2.45) is 10.7 Å². The molecule has 1 aliphatic carbocycles. The molecule has 1 heterocycles. The van der Waals surface area contributed by atoms with Gasteiger partial charge in [-0.3, -0.25) is 9.89 Å². The number of rotatable bonds is 7. The normalized spacial score (nSPS) is 19.0. The van der Waals surface area contributed by atoms with E-state index in [4.69, 9.17) is 5.73 Å². The number of likely N-dealkylation sites (tertiary alicyclic amines) is 1. The van der Waals surface area contributed by atoms with Crippen molar-refractivity contribution in [1.29, 1.82) is 0 Å². The van der Waals surface area contributed by atoms with Crippen LogP contribution in [0.15, 0.2) is 47.5 Å². The molecule has 0 aromatic heterocycles. The van der Waals surface area contributed by atoms with Crippen LogP contribution in [0.2, 0.25) is 0 Å². The first-order chi connectivity index (χ1) is 15.8. The van der Waals surface area contributed by atoms with Gasteiger partial charge in [-0.1, -0.05) is 55.7 Å². The quantitative estimate of drug-likeness (QED) is 0.522. The van der Waals surface area contributed by atoms with E-state index in [1.54, 1.807) is 6.07 Å². The first-order valence-electron chi connectivity index (χ1n) is 12.1. The van der Waals surface area contributed by atoms with Gasteiger partial charge in [0.1, 0.15) is 0 Å². The minimum atomic E-state index is -4.31. The van der Waals surface area contributed by atoms with Gasteiger partial charge in [0, 0.05) is 37.9 Å². The Bertz CT molecular complexity index is 954. The number of alkyl halides is 3. The summed E-state index contributed by atoms with van der Waals surface area (Å²) in [5.74, 6) is 0.0329. The summed E-state index contributed by atoms with van der Waals surface area (Å²) in [5, 5.41) is 0. The molecule has 0 amide bonds. The van der Waals surface area contributed by atoms with E-state index in [1.807, 2.05) is 13.0 Å². The summed E-state index contributed by atoms with van der Waals surface area (Å²) in [6.07, 6.45) is 1.06. The largest absolute Gasteiger partial charge is 0.416 e. The Morgan fingerprint density at radius 2 is 1.67 bits per heavy atom.